The number of carboxylic acid groups (broad SMARTS) is 1. The van der Waals surface area contributed by atoms with Crippen LogP contribution in [0.4, 0.5) is 5.95 Å². The second-order valence-corrected chi connectivity index (χ2v) is 4.50. The van der Waals surface area contributed by atoms with Gasteiger partial charge < -0.3 is 10.4 Å². The van der Waals surface area contributed by atoms with Crippen molar-refractivity contribution in [3.05, 3.63) is 18.5 Å². The molecule has 5 heteroatoms. The zero-order valence-electron chi connectivity index (χ0n) is 9.72. The van der Waals surface area contributed by atoms with Gasteiger partial charge in [-0.25, -0.2) is 14.8 Å². The minimum absolute atomic E-state index is 0.400. The Hall–Kier alpha value is -1.65. The highest BCUT2D eigenvalue weighted by Gasteiger charge is 2.39. The molecule has 1 aliphatic carbocycles. The molecule has 2 N–H and O–H groups in total. The largest absolute Gasteiger partial charge is 0.480 e. The molecule has 1 aliphatic rings. The van der Waals surface area contributed by atoms with Crippen molar-refractivity contribution in [2.24, 2.45) is 0 Å². The molecule has 1 aromatic heterocycles. The average molecular weight is 235 g/mol. The van der Waals surface area contributed by atoms with Crippen molar-refractivity contribution >= 4 is 11.9 Å². The molecule has 0 saturated heterocycles. The first-order valence-electron chi connectivity index (χ1n) is 6.02. The smallest absolute Gasteiger partial charge is 0.329 e. The van der Waals surface area contributed by atoms with Gasteiger partial charge in [0, 0.05) is 12.4 Å². The number of carboxylic acids is 1. The first kappa shape index (κ1) is 11.8. The minimum Gasteiger partial charge on any atom is -0.480 e. The first-order valence-corrected chi connectivity index (χ1v) is 6.02. The highest BCUT2D eigenvalue weighted by Crippen LogP contribution is 2.29. The molecular weight excluding hydrogens is 218 g/mol. The van der Waals surface area contributed by atoms with E-state index in [0.717, 1.165) is 25.7 Å². The van der Waals surface area contributed by atoms with Crippen LogP contribution >= 0.6 is 0 Å². The molecule has 1 saturated carbocycles. The molecule has 1 fully saturated rings. The van der Waals surface area contributed by atoms with Gasteiger partial charge in [-0.1, -0.05) is 25.7 Å². The van der Waals surface area contributed by atoms with Crippen molar-refractivity contribution in [2.45, 2.75) is 44.1 Å². The van der Waals surface area contributed by atoms with Crippen molar-refractivity contribution in [2.75, 3.05) is 5.32 Å². The monoisotopic (exact) mass is 235 g/mol. The predicted octanol–water partition coefficient (Wildman–Crippen LogP) is 2.07. The number of nitrogens with one attached hydrogen (secondary N) is 1. The van der Waals surface area contributed by atoms with Gasteiger partial charge in [0.05, 0.1) is 0 Å². The second kappa shape index (κ2) is 5.12. The zero-order chi connectivity index (χ0) is 12.1. The Kier molecular flexibility index (Phi) is 3.56. The van der Waals surface area contributed by atoms with Gasteiger partial charge in [0.15, 0.2) is 0 Å². The van der Waals surface area contributed by atoms with Gasteiger partial charge in [-0.2, -0.15) is 0 Å². The summed E-state index contributed by atoms with van der Waals surface area (Å²) < 4.78 is 0. The lowest BCUT2D eigenvalue weighted by molar-refractivity contribution is -0.142. The summed E-state index contributed by atoms with van der Waals surface area (Å²) >= 11 is 0. The van der Waals surface area contributed by atoms with E-state index in [1.807, 2.05) is 0 Å². The fourth-order valence-corrected chi connectivity index (χ4v) is 2.30. The van der Waals surface area contributed by atoms with E-state index < -0.39 is 11.5 Å². The zero-order valence-corrected chi connectivity index (χ0v) is 9.72. The normalized spacial score (nSPS) is 19.3. The number of rotatable bonds is 3. The van der Waals surface area contributed by atoms with E-state index in [2.05, 4.69) is 15.3 Å². The number of nitrogens with zero attached hydrogens (tertiary/aromatic N) is 2. The van der Waals surface area contributed by atoms with E-state index in [9.17, 15) is 9.90 Å². The molecule has 2 rings (SSSR count). The van der Waals surface area contributed by atoms with Gasteiger partial charge in [0.2, 0.25) is 5.95 Å². The van der Waals surface area contributed by atoms with Gasteiger partial charge >= 0.3 is 5.97 Å². The van der Waals surface area contributed by atoms with Crippen LogP contribution in [0.25, 0.3) is 0 Å². The highest BCUT2D eigenvalue weighted by atomic mass is 16.4. The van der Waals surface area contributed by atoms with Gasteiger partial charge in [-0.15, -0.1) is 0 Å². The van der Waals surface area contributed by atoms with Gasteiger partial charge in [0.25, 0.3) is 0 Å². The average Bonchev–Trinajstić information content (AvgIpc) is 2.57. The van der Waals surface area contributed by atoms with E-state index in [0.29, 0.717) is 18.8 Å². The molecular formula is C12H17N3O2. The summed E-state index contributed by atoms with van der Waals surface area (Å²) in [6.45, 7) is 0. The van der Waals surface area contributed by atoms with Crippen LogP contribution < -0.4 is 5.32 Å². The Morgan fingerprint density at radius 3 is 2.29 bits per heavy atom. The summed E-state index contributed by atoms with van der Waals surface area (Å²) in [5.41, 5.74) is -0.891. The lowest BCUT2D eigenvalue weighted by Gasteiger charge is -2.29. The Bertz CT molecular complexity index is 373. The summed E-state index contributed by atoms with van der Waals surface area (Å²) in [4.78, 5) is 19.6. The van der Waals surface area contributed by atoms with Crippen LogP contribution in [0.3, 0.4) is 0 Å². The molecule has 0 radical (unpaired) electrons. The maximum absolute atomic E-state index is 11.5. The molecule has 0 atom stereocenters. The Morgan fingerprint density at radius 2 is 1.76 bits per heavy atom. The van der Waals surface area contributed by atoms with Gasteiger partial charge in [-0.05, 0) is 18.9 Å². The molecule has 0 aromatic carbocycles. The summed E-state index contributed by atoms with van der Waals surface area (Å²) in [7, 11) is 0. The molecule has 1 aromatic rings. The summed E-state index contributed by atoms with van der Waals surface area (Å²) in [5.74, 6) is -0.399. The predicted molar refractivity (Wildman–Crippen MR) is 63.7 cm³/mol. The standard InChI is InChI=1S/C12H17N3O2/c16-10(17)12(6-3-1-2-4-7-12)15-11-13-8-5-9-14-11/h5,8-9H,1-4,6-7H2,(H,16,17)(H,13,14,15). The molecule has 0 amide bonds. The first-order chi connectivity index (χ1) is 8.23. The Labute approximate surface area is 100 Å². The summed E-state index contributed by atoms with van der Waals surface area (Å²) in [6, 6.07) is 1.71. The van der Waals surface area contributed by atoms with Crippen LogP contribution in [-0.2, 0) is 4.79 Å². The van der Waals surface area contributed by atoms with Crippen molar-refractivity contribution < 1.29 is 9.90 Å². The van der Waals surface area contributed by atoms with E-state index in [1.165, 1.54) is 0 Å². The number of hydrogen-bond donors (Lipinski definition) is 2. The fraction of sp³-hybridized carbons (Fsp3) is 0.583. The van der Waals surface area contributed by atoms with E-state index in [-0.39, 0.29) is 0 Å². The van der Waals surface area contributed by atoms with E-state index in [1.54, 1.807) is 18.5 Å². The van der Waals surface area contributed by atoms with E-state index >= 15 is 0 Å². The highest BCUT2D eigenvalue weighted by molar-refractivity contribution is 5.82. The second-order valence-electron chi connectivity index (χ2n) is 4.50. The molecule has 17 heavy (non-hydrogen) atoms. The number of carbonyl (C=O) groups is 1. The molecule has 0 spiro atoms. The van der Waals surface area contributed by atoms with Crippen LogP contribution in [0.5, 0.6) is 0 Å². The summed E-state index contributed by atoms with van der Waals surface area (Å²) in [5, 5.41) is 12.5. The van der Waals surface area contributed by atoms with Crippen LogP contribution in [0.15, 0.2) is 18.5 Å². The van der Waals surface area contributed by atoms with Crippen LogP contribution in [0, 0.1) is 0 Å². The van der Waals surface area contributed by atoms with E-state index in [4.69, 9.17) is 0 Å². The third-order valence-electron chi connectivity index (χ3n) is 3.28. The van der Waals surface area contributed by atoms with Crippen molar-refractivity contribution in [3.63, 3.8) is 0 Å². The fourth-order valence-electron chi connectivity index (χ4n) is 2.30. The topological polar surface area (TPSA) is 75.1 Å². The number of aromatic nitrogens is 2. The SMILES string of the molecule is O=C(O)C1(Nc2ncccn2)CCCCCC1. The molecule has 1 heterocycles. The van der Waals surface area contributed by atoms with Crippen molar-refractivity contribution in [1.82, 2.24) is 9.97 Å². The maximum atomic E-state index is 11.5. The molecule has 0 unspecified atom stereocenters. The Balaban J connectivity index is 2.19. The molecule has 5 nitrogen and oxygen atoms in total. The lowest BCUT2D eigenvalue weighted by atomic mass is 9.90. The third kappa shape index (κ3) is 2.72. The van der Waals surface area contributed by atoms with Crippen molar-refractivity contribution in [3.8, 4) is 0 Å². The number of hydrogen-bond acceptors (Lipinski definition) is 4. The van der Waals surface area contributed by atoms with Crippen LogP contribution in [0.1, 0.15) is 38.5 Å². The van der Waals surface area contributed by atoms with Gasteiger partial charge in [0.1, 0.15) is 5.54 Å². The van der Waals surface area contributed by atoms with Crippen LogP contribution in [0.2, 0.25) is 0 Å². The summed E-state index contributed by atoms with van der Waals surface area (Å²) in [6.07, 6.45) is 8.58. The van der Waals surface area contributed by atoms with Gasteiger partial charge in [-0.3, -0.25) is 0 Å². The third-order valence-corrected chi connectivity index (χ3v) is 3.28. The number of anilines is 1. The Morgan fingerprint density at radius 1 is 1.18 bits per heavy atom. The number of aliphatic carboxylic acids is 1. The maximum Gasteiger partial charge on any atom is 0.329 e. The molecule has 0 bridgehead atoms. The molecule has 0 aliphatic heterocycles. The quantitative estimate of drug-likeness (QED) is 0.784. The van der Waals surface area contributed by atoms with Crippen molar-refractivity contribution in [1.29, 1.82) is 0 Å². The lowest BCUT2D eigenvalue weighted by Crippen LogP contribution is -2.46. The molecule has 92 valence electrons. The van der Waals surface area contributed by atoms with Crippen LogP contribution in [-0.4, -0.2) is 26.6 Å². The minimum atomic E-state index is -0.891.